The van der Waals surface area contributed by atoms with Crippen molar-refractivity contribution in [3.63, 3.8) is 0 Å². The third-order valence-electron chi connectivity index (χ3n) is 4.69. The van der Waals surface area contributed by atoms with Crippen LogP contribution in [0.3, 0.4) is 0 Å². The standard InChI is InChI=1S/C23H23ClN2O6S/c1-30-17-7-9-19(25-14-23(27)26-16-6-4-5-15(24)11-16)22(12-17)33(28,29)18-8-10-20(31-2)21(13-18)32-3/h4-13,25H,14H2,1-3H3,(H,26,27). The van der Waals surface area contributed by atoms with Crippen molar-refractivity contribution >= 4 is 38.7 Å². The van der Waals surface area contributed by atoms with Crippen LogP contribution in [0.5, 0.6) is 17.2 Å². The third kappa shape index (κ3) is 5.68. The number of anilines is 2. The minimum atomic E-state index is -4.00. The van der Waals surface area contributed by atoms with Crippen LogP contribution < -0.4 is 24.8 Å². The van der Waals surface area contributed by atoms with Gasteiger partial charge in [0.25, 0.3) is 0 Å². The molecule has 3 rings (SSSR count). The molecule has 0 aliphatic carbocycles. The minimum Gasteiger partial charge on any atom is -0.497 e. The van der Waals surface area contributed by atoms with Crippen molar-refractivity contribution in [1.29, 1.82) is 0 Å². The second-order valence-electron chi connectivity index (χ2n) is 6.79. The molecular weight excluding hydrogens is 468 g/mol. The van der Waals surface area contributed by atoms with Crippen LogP contribution in [0.2, 0.25) is 5.02 Å². The highest BCUT2D eigenvalue weighted by atomic mass is 35.5. The summed E-state index contributed by atoms with van der Waals surface area (Å²) >= 11 is 5.94. The summed E-state index contributed by atoms with van der Waals surface area (Å²) in [5.41, 5.74) is 0.772. The van der Waals surface area contributed by atoms with E-state index < -0.39 is 9.84 Å². The maximum atomic E-state index is 13.5. The van der Waals surface area contributed by atoms with Gasteiger partial charge in [-0.2, -0.15) is 0 Å². The molecule has 0 bridgehead atoms. The van der Waals surface area contributed by atoms with Crippen LogP contribution in [0.25, 0.3) is 0 Å². The van der Waals surface area contributed by atoms with E-state index in [4.69, 9.17) is 25.8 Å². The predicted octanol–water partition coefficient (Wildman–Crippen LogP) is 4.25. The van der Waals surface area contributed by atoms with Gasteiger partial charge in [0.2, 0.25) is 15.7 Å². The fraction of sp³-hybridized carbons (Fsp3) is 0.174. The lowest BCUT2D eigenvalue weighted by Crippen LogP contribution is -2.22. The number of hydrogen-bond donors (Lipinski definition) is 2. The number of carbonyl (C=O) groups excluding carboxylic acids is 1. The molecule has 8 nitrogen and oxygen atoms in total. The summed E-state index contributed by atoms with van der Waals surface area (Å²) in [5, 5.41) is 6.08. The van der Waals surface area contributed by atoms with Gasteiger partial charge in [0.1, 0.15) is 5.75 Å². The summed E-state index contributed by atoms with van der Waals surface area (Å²) in [5.74, 6) is 0.653. The Kier molecular flexibility index (Phi) is 7.67. The summed E-state index contributed by atoms with van der Waals surface area (Å²) in [6, 6.07) is 15.6. The molecular formula is C23H23ClN2O6S. The summed E-state index contributed by atoms with van der Waals surface area (Å²) in [6.07, 6.45) is 0. The predicted molar refractivity (Wildman–Crippen MR) is 127 cm³/mol. The average molecular weight is 491 g/mol. The van der Waals surface area contributed by atoms with Crippen LogP contribution in [-0.4, -0.2) is 42.2 Å². The van der Waals surface area contributed by atoms with E-state index in [0.29, 0.717) is 22.2 Å². The SMILES string of the molecule is COc1ccc(NCC(=O)Nc2cccc(Cl)c2)c(S(=O)(=O)c2ccc(OC)c(OC)c2)c1. The normalized spacial score (nSPS) is 10.9. The first-order valence-electron chi connectivity index (χ1n) is 9.73. The maximum Gasteiger partial charge on any atom is 0.243 e. The number of carbonyl (C=O) groups is 1. The Bertz CT molecular complexity index is 1260. The van der Waals surface area contributed by atoms with Crippen molar-refractivity contribution in [3.05, 3.63) is 65.7 Å². The molecule has 0 saturated carbocycles. The van der Waals surface area contributed by atoms with Gasteiger partial charge in [-0.25, -0.2) is 8.42 Å². The van der Waals surface area contributed by atoms with Gasteiger partial charge in [-0.15, -0.1) is 0 Å². The zero-order chi connectivity index (χ0) is 24.0. The first kappa shape index (κ1) is 24.2. The maximum absolute atomic E-state index is 13.5. The number of halogens is 1. The third-order valence-corrected chi connectivity index (χ3v) is 6.72. The molecule has 0 fully saturated rings. The van der Waals surface area contributed by atoms with E-state index in [1.54, 1.807) is 36.4 Å². The van der Waals surface area contributed by atoms with Crippen molar-refractivity contribution in [3.8, 4) is 17.2 Å². The number of ether oxygens (including phenoxy) is 3. The lowest BCUT2D eigenvalue weighted by atomic mass is 10.3. The largest absolute Gasteiger partial charge is 0.497 e. The topological polar surface area (TPSA) is 103 Å². The van der Waals surface area contributed by atoms with Crippen molar-refractivity contribution < 1.29 is 27.4 Å². The zero-order valence-electron chi connectivity index (χ0n) is 18.2. The molecule has 0 saturated heterocycles. The van der Waals surface area contributed by atoms with Gasteiger partial charge in [-0.3, -0.25) is 4.79 Å². The quantitative estimate of drug-likeness (QED) is 0.462. The summed E-state index contributed by atoms with van der Waals surface area (Å²) in [7, 11) is 0.324. The van der Waals surface area contributed by atoms with Gasteiger partial charge < -0.3 is 24.8 Å². The number of rotatable bonds is 9. The monoisotopic (exact) mass is 490 g/mol. The molecule has 0 spiro atoms. The Hall–Kier alpha value is -3.43. The summed E-state index contributed by atoms with van der Waals surface area (Å²) in [4.78, 5) is 12.3. The molecule has 33 heavy (non-hydrogen) atoms. The van der Waals surface area contributed by atoms with E-state index in [1.165, 1.54) is 45.6 Å². The molecule has 0 aliphatic rings. The van der Waals surface area contributed by atoms with E-state index in [1.807, 2.05) is 0 Å². The van der Waals surface area contributed by atoms with E-state index in [9.17, 15) is 13.2 Å². The molecule has 1 amide bonds. The first-order valence-corrected chi connectivity index (χ1v) is 11.6. The van der Waals surface area contributed by atoms with Crippen LogP contribution in [0.15, 0.2) is 70.5 Å². The Labute approximate surface area is 197 Å². The first-order chi connectivity index (χ1) is 15.8. The Morgan fingerprint density at radius 1 is 0.909 bits per heavy atom. The van der Waals surface area contributed by atoms with Gasteiger partial charge >= 0.3 is 0 Å². The fourth-order valence-electron chi connectivity index (χ4n) is 3.06. The number of hydrogen-bond acceptors (Lipinski definition) is 7. The van der Waals surface area contributed by atoms with Gasteiger partial charge in [-0.05, 0) is 42.5 Å². The highest BCUT2D eigenvalue weighted by Crippen LogP contribution is 2.35. The fourth-order valence-corrected chi connectivity index (χ4v) is 4.71. The Morgan fingerprint density at radius 3 is 2.33 bits per heavy atom. The van der Waals surface area contributed by atoms with E-state index in [2.05, 4.69) is 10.6 Å². The minimum absolute atomic E-state index is 0.000156. The molecule has 174 valence electrons. The molecule has 0 heterocycles. The van der Waals surface area contributed by atoms with Gasteiger partial charge in [0, 0.05) is 22.8 Å². The number of amides is 1. The van der Waals surface area contributed by atoms with E-state index >= 15 is 0 Å². The van der Waals surface area contributed by atoms with Crippen LogP contribution in [0.1, 0.15) is 0 Å². The summed E-state index contributed by atoms with van der Waals surface area (Å²) in [6.45, 7) is -0.173. The lowest BCUT2D eigenvalue weighted by molar-refractivity contribution is -0.114. The van der Waals surface area contributed by atoms with Crippen LogP contribution in [0.4, 0.5) is 11.4 Å². The van der Waals surface area contributed by atoms with Crippen LogP contribution >= 0.6 is 11.6 Å². The second kappa shape index (κ2) is 10.5. The molecule has 2 N–H and O–H groups in total. The zero-order valence-corrected chi connectivity index (χ0v) is 19.8. The van der Waals surface area contributed by atoms with Crippen molar-refractivity contribution in [2.45, 2.75) is 9.79 Å². The smallest absolute Gasteiger partial charge is 0.243 e. The Balaban J connectivity index is 1.89. The molecule has 10 heteroatoms. The van der Waals surface area contributed by atoms with Crippen LogP contribution in [0, 0.1) is 0 Å². The number of nitrogens with one attached hydrogen (secondary N) is 2. The molecule has 0 radical (unpaired) electrons. The average Bonchev–Trinajstić information content (AvgIpc) is 2.82. The molecule has 0 aliphatic heterocycles. The van der Waals surface area contributed by atoms with Crippen molar-refractivity contribution in [2.24, 2.45) is 0 Å². The van der Waals surface area contributed by atoms with Crippen LogP contribution in [-0.2, 0) is 14.6 Å². The van der Waals surface area contributed by atoms with Crippen molar-refractivity contribution in [1.82, 2.24) is 0 Å². The number of benzene rings is 3. The highest BCUT2D eigenvalue weighted by Gasteiger charge is 2.24. The Morgan fingerprint density at radius 2 is 1.67 bits per heavy atom. The molecule has 0 atom stereocenters. The number of sulfone groups is 1. The molecule has 3 aromatic rings. The molecule has 0 unspecified atom stereocenters. The van der Waals surface area contributed by atoms with E-state index in [-0.39, 0.29) is 33.7 Å². The second-order valence-corrected chi connectivity index (χ2v) is 9.15. The highest BCUT2D eigenvalue weighted by molar-refractivity contribution is 7.91. The van der Waals surface area contributed by atoms with Gasteiger partial charge in [0.05, 0.1) is 43.4 Å². The number of methoxy groups -OCH3 is 3. The lowest BCUT2D eigenvalue weighted by Gasteiger charge is -2.15. The van der Waals surface area contributed by atoms with Crippen molar-refractivity contribution in [2.75, 3.05) is 38.5 Å². The summed E-state index contributed by atoms with van der Waals surface area (Å²) < 4.78 is 42.5. The van der Waals surface area contributed by atoms with Gasteiger partial charge in [0.15, 0.2) is 11.5 Å². The van der Waals surface area contributed by atoms with Gasteiger partial charge in [-0.1, -0.05) is 17.7 Å². The molecule has 3 aromatic carbocycles. The van der Waals surface area contributed by atoms with E-state index in [0.717, 1.165) is 0 Å². The molecule has 0 aromatic heterocycles.